The van der Waals surface area contributed by atoms with Gasteiger partial charge in [0.05, 0.1) is 0 Å². The molecule has 0 bridgehead atoms. The van der Waals surface area contributed by atoms with Gasteiger partial charge in [0.1, 0.15) is 22.3 Å². The van der Waals surface area contributed by atoms with Crippen LogP contribution in [-0.4, -0.2) is 0 Å². The Kier molecular flexibility index (Phi) is 8.81. The Bertz CT molecular complexity index is 3890. The van der Waals surface area contributed by atoms with Gasteiger partial charge in [-0.1, -0.05) is 152 Å². The second-order valence-electron chi connectivity index (χ2n) is 16.9. The minimum Gasteiger partial charge on any atom is -0.456 e. The van der Waals surface area contributed by atoms with Crippen LogP contribution >= 0.6 is 0 Å². The van der Waals surface area contributed by atoms with Gasteiger partial charge >= 0.3 is 0 Å². The molecule has 0 aliphatic rings. The van der Waals surface area contributed by atoms with Crippen LogP contribution in [0, 0.1) is 0 Å². The first-order valence-electron chi connectivity index (χ1n) is 22.4. The third kappa shape index (κ3) is 6.30. The molecule has 2 aromatic heterocycles. The van der Waals surface area contributed by atoms with Crippen molar-refractivity contribution < 1.29 is 8.83 Å². The van der Waals surface area contributed by atoms with E-state index in [1.807, 2.05) is 12.1 Å². The molecule has 0 aliphatic carbocycles. The summed E-state index contributed by atoms with van der Waals surface area (Å²) in [6.07, 6.45) is 0. The van der Waals surface area contributed by atoms with Crippen molar-refractivity contribution in [3.05, 3.63) is 243 Å². The highest BCUT2D eigenvalue weighted by Gasteiger charge is 2.21. The van der Waals surface area contributed by atoms with Gasteiger partial charge in [0.15, 0.2) is 0 Å². The van der Waals surface area contributed by atoms with Crippen molar-refractivity contribution in [1.29, 1.82) is 0 Å². The van der Waals surface area contributed by atoms with Gasteiger partial charge in [-0.05, 0) is 123 Å². The fraction of sp³-hybridized carbons (Fsp3) is 0. The molecule has 0 unspecified atom stereocenters. The van der Waals surface area contributed by atoms with E-state index in [-0.39, 0.29) is 0 Å². The Balaban J connectivity index is 0.977. The Labute approximate surface area is 381 Å². The van der Waals surface area contributed by atoms with Gasteiger partial charge in [-0.15, -0.1) is 0 Å². The molecule has 13 rings (SSSR count). The molecular formula is C62H40N2O2. The topological polar surface area (TPSA) is 32.8 Å². The van der Waals surface area contributed by atoms with Crippen LogP contribution in [0.5, 0.6) is 0 Å². The van der Waals surface area contributed by atoms with Gasteiger partial charge in [-0.2, -0.15) is 0 Å². The Hall–Kier alpha value is -8.86. The average Bonchev–Trinajstić information content (AvgIpc) is 3.96. The van der Waals surface area contributed by atoms with Gasteiger partial charge in [-0.3, -0.25) is 0 Å². The van der Waals surface area contributed by atoms with Crippen LogP contribution in [0.4, 0.5) is 34.1 Å². The van der Waals surface area contributed by atoms with E-state index in [4.69, 9.17) is 8.83 Å². The largest absolute Gasteiger partial charge is 0.456 e. The SMILES string of the molecule is c1ccc(N(c2ccccc2)c2cc(-c3ccc(-c4ccc5oc6c7ccccc7c7ccccc7c6c5c4)cc3)cc(N(c3ccccc3)c3ccc4c(c3)oc3ccccc34)c2)cc1. The predicted molar refractivity (Wildman–Crippen MR) is 276 cm³/mol. The monoisotopic (exact) mass is 844 g/mol. The molecule has 13 aromatic rings. The Morgan fingerprint density at radius 2 is 0.697 bits per heavy atom. The zero-order chi connectivity index (χ0) is 43.6. The van der Waals surface area contributed by atoms with Crippen molar-refractivity contribution in [1.82, 2.24) is 0 Å². The fourth-order valence-electron chi connectivity index (χ4n) is 9.94. The van der Waals surface area contributed by atoms with Crippen molar-refractivity contribution in [2.75, 3.05) is 9.80 Å². The van der Waals surface area contributed by atoms with Crippen molar-refractivity contribution in [3.63, 3.8) is 0 Å². The fourth-order valence-corrected chi connectivity index (χ4v) is 9.94. The zero-order valence-corrected chi connectivity index (χ0v) is 35.8. The molecule has 0 saturated heterocycles. The molecule has 11 aromatic carbocycles. The molecule has 0 spiro atoms. The maximum absolute atomic E-state index is 6.65. The second kappa shape index (κ2) is 15.4. The molecule has 4 heteroatoms. The molecule has 0 amide bonds. The Morgan fingerprint density at radius 1 is 0.227 bits per heavy atom. The number of anilines is 6. The van der Waals surface area contributed by atoms with Crippen molar-refractivity contribution in [3.8, 4) is 22.3 Å². The summed E-state index contributed by atoms with van der Waals surface area (Å²) in [5.74, 6) is 0. The van der Waals surface area contributed by atoms with Gasteiger partial charge in [0.25, 0.3) is 0 Å². The average molecular weight is 845 g/mol. The second-order valence-corrected chi connectivity index (χ2v) is 16.9. The molecule has 0 aliphatic heterocycles. The van der Waals surface area contributed by atoms with E-state index in [9.17, 15) is 0 Å². The first-order valence-corrected chi connectivity index (χ1v) is 22.4. The number of nitrogens with zero attached hydrogens (tertiary/aromatic N) is 2. The summed E-state index contributed by atoms with van der Waals surface area (Å²) in [6, 6.07) is 86.4. The molecule has 310 valence electrons. The summed E-state index contributed by atoms with van der Waals surface area (Å²) in [6.45, 7) is 0. The quantitative estimate of drug-likeness (QED) is 0.143. The number of para-hydroxylation sites is 4. The van der Waals surface area contributed by atoms with E-state index >= 15 is 0 Å². The zero-order valence-electron chi connectivity index (χ0n) is 35.8. The minimum atomic E-state index is 0.847. The standard InChI is InChI=1S/C62H40N2O2/c1-4-16-45(17-5-1)63(46-18-6-2-7-19-46)49-36-44(37-50(39-49)64(47-20-8-3-9-21-47)48-33-34-54-53-24-14-15-27-58(53)65-60(54)40-48)42-30-28-41(29-31-42)43-32-35-59-57(38-43)61-55-25-12-10-22-51(55)52-23-11-13-26-56(52)62(61)66-59/h1-40H. The van der Waals surface area contributed by atoms with E-state index in [1.54, 1.807) is 0 Å². The lowest BCUT2D eigenvalue weighted by Crippen LogP contribution is -2.13. The van der Waals surface area contributed by atoms with E-state index < -0.39 is 0 Å². The third-order valence-electron chi connectivity index (χ3n) is 13.0. The van der Waals surface area contributed by atoms with Crippen LogP contribution in [0.25, 0.3) is 87.7 Å². The predicted octanol–water partition coefficient (Wildman–Crippen LogP) is 18.1. The molecule has 66 heavy (non-hydrogen) atoms. The molecule has 0 atom stereocenters. The maximum atomic E-state index is 6.65. The van der Waals surface area contributed by atoms with E-state index in [1.165, 1.54) is 16.2 Å². The maximum Gasteiger partial charge on any atom is 0.143 e. The van der Waals surface area contributed by atoms with Gasteiger partial charge < -0.3 is 18.6 Å². The van der Waals surface area contributed by atoms with Crippen LogP contribution < -0.4 is 9.80 Å². The highest BCUT2D eigenvalue weighted by Crippen LogP contribution is 2.46. The molecule has 4 nitrogen and oxygen atoms in total. The first-order chi connectivity index (χ1) is 32.7. The molecule has 0 saturated carbocycles. The normalized spacial score (nSPS) is 11.6. The number of benzene rings is 11. The smallest absolute Gasteiger partial charge is 0.143 e. The number of hydrogen-bond acceptors (Lipinski definition) is 4. The summed E-state index contributed by atoms with van der Waals surface area (Å²) in [5.41, 5.74) is 14.3. The van der Waals surface area contributed by atoms with Crippen molar-refractivity contribution in [2.24, 2.45) is 0 Å². The summed E-state index contributed by atoms with van der Waals surface area (Å²) < 4.78 is 13.1. The molecule has 2 heterocycles. The molecule has 0 N–H and O–H groups in total. The van der Waals surface area contributed by atoms with Crippen molar-refractivity contribution in [2.45, 2.75) is 0 Å². The lowest BCUT2D eigenvalue weighted by Gasteiger charge is -2.30. The summed E-state index contributed by atoms with van der Waals surface area (Å²) in [7, 11) is 0. The van der Waals surface area contributed by atoms with E-state index in [0.29, 0.717) is 0 Å². The number of rotatable bonds is 8. The van der Waals surface area contributed by atoms with Gasteiger partial charge in [-0.25, -0.2) is 0 Å². The highest BCUT2D eigenvalue weighted by atomic mass is 16.3. The van der Waals surface area contributed by atoms with Crippen LogP contribution in [0.3, 0.4) is 0 Å². The minimum absolute atomic E-state index is 0.847. The van der Waals surface area contributed by atoms with Crippen LogP contribution in [0.2, 0.25) is 0 Å². The van der Waals surface area contributed by atoms with Crippen LogP contribution in [-0.2, 0) is 0 Å². The number of fused-ring (bicyclic) bond motifs is 11. The highest BCUT2D eigenvalue weighted by molar-refractivity contribution is 6.30. The lowest BCUT2D eigenvalue weighted by molar-refractivity contribution is 0.669. The van der Waals surface area contributed by atoms with Gasteiger partial charge in [0, 0.05) is 67.1 Å². The lowest BCUT2D eigenvalue weighted by atomic mass is 9.95. The first kappa shape index (κ1) is 37.7. The Morgan fingerprint density at radius 3 is 1.33 bits per heavy atom. The number of hydrogen-bond donors (Lipinski definition) is 0. The van der Waals surface area contributed by atoms with Crippen LogP contribution in [0.1, 0.15) is 0 Å². The summed E-state index contributed by atoms with van der Waals surface area (Å²) >= 11 is 0. The molecule has 0 radical (unpaired) electrons. The number of furan rings is 2. The van der Waals surface area contributed by atoms with E-state index in [2.05, 4.69) is 240 Å². The van der Waals surface area contributed by atoms with Crippen molar-refractivity contribution >= 4 is 99.5 Å². The summed E-state index contributed by atoms with van der Waals surface area (Å²) in [4.78, 5) is 4.67. The van der Waals surface area contributed by atoms with E-state index in [0.717, 1.165) is 106 Å². The molecular weight excluding hydrogens is 805 g/mol. The third-order valence-corrected chi connectivity index (χ3v) is 13.0. The molecule has 0 fully saturated rings. The van der Waals surface area contributed by atoms with Gasteiger partial charge in [0.2, 0.25) is 0 Å². The summed E-state index contributed by atoms with van der Waals surface area (Å²) in [5, 5.41) is 9.26. The van der Waals surface area contributed by atoms with Crippen LogP contribution in [0.15, 0.2) is 251 Å².